The van der Waals surface area contributed by atoms with Gasteiger partial charge < -0.3 is 5.73 Å². The summed E-state index contributed by atoms with van der Waals surface area (Å²) in [5.41, 5.74) is 6.64. The Morgan fingerprint density at radius 2 is 1.96 bits per heavy atom. The molecule has 2 heterocycles. The molecule has 1 aliphatic heterocycles. The van der Waals surface area contributed by atoms with Crippen LogP contribution in [-0.4, -0.2) is 44.1 Å². The van der Waals surface area contributed by atoms with E-state index in [4.69, 9.17) is 5.73 Å². The monoisotopic (exact) mass is 378 g/mol. The summed E-state index contributed by atoms with van der Waals surface area (Å²) in [6.45, 7) is 4.56. The van der Waals surface area contributed by atoms with E-state index >= 15 is 0 Å². The molecule has 2 N–H and O–H groups in total. The number of carbonyl (C=O) groups excluding carboxylic acids is 1. The van der Waals surface area contributed by atoms with Gasteiger partial charge in [-0.2, -0.15) is 0 Å². The van der Waals surface area contributed by atoms with Crippen molar-refractivity contribution in [2.75, 3.05) is 13.1 Å². The lowest BCUT2D eigenvalue weighted by molar-refractivity contribution is -0.123. The number of aromatic nitrogens is 4. The zero-order chi connectivity index (χ0) is 17.6. The van der Waals surface area contributed by atoms with E-state index in [1.54, 1.807) is 0 Å². The second-order valence-corrected chi connectivity index (χ2v) is 6.70. The second-order valence-electron chi connectivity index (χ2n) is 6.70. The van der Waals surface area contributed by atoms with Gasteiger partial charge in [-0.1, -0.05) is 43.7 Å². The normalized spacial score (nSPS) is 16.8. The molecule has 3 rings (SSSR count). The van der Waals surface area contributed by atoms with Gasteiger partial charge in [0.1, 0.15) is 0 Å². The molecule has 0 radical (unpaired) electrons. The lowest BCUT2D eigenvalue weighted by Crippen LogP contribution is -2.41. The van der Waals surface area contributed by atoms with E-state index in [1.165, 1.54) is 5.56 Å². The first-order valence-electron chi connectivity index (χ1n) is 9.02. The number of hydrogen-bond donors (Lipinski definition) is 1. The van der Waals surface area contributed by atoms with Gasteiger partial charge in [0, 0.05) is 5.92 Å². The highest BCUT2D eigenvalue weighted by Crippen LogP contribution is 2.29. The lowest BCUT2D eigenvalue weighted by atomic mass is 9.94. The van der Waals surface area contributed by atoms with E-state index < -0.39 is 0 Å². The number of piperidine rings is 1. The Hall–Kier alpha value is -1.99. The van der Waals surface area contributed by atoms with E-state index in [9.17, 15) is 4.79 Å². The number of primary amides is 1. The fraction of sp³-hybridized carbons (Fsp3) is 0.556. The minimum Gasteiger partial charge on any atom is -0.369 e. The molecule has 1 aromatic carbocycles. The molecule has 142 valence electrons. The summed E-state index contributed by atoms with van der Waals surface area (Å²) in [6.07, 6.45) is 3.68. The van der Waals surface area contributed by atoms with Crippen LogP contribution in [0.2, 0.25) is 0 Å². The maximum absolute atomic E-state index is 11.4. The first-order valence-corrected chi connectivity index (χ1v) is 9.02. The maximum Gasteiger partial charge on any atom is 0.220 e. The number of tetrazole rings is 1. The number of benzene rings is 1. The van der Waals surface area contributed by atoms with E-state index in [-0.39, 0.29) is 30.3 Å². The maximum atomic E-state index is 11.4. The molecular weight excluding hydrogens is 352 g/mol. The van der Waals surface area contributed by atoms with Crippen LogP contribution in [0.25, 0.3) is 0 Å². The summed E-state index contributed by atoms with van der Waals surface area (Å²) < 4.78 is 1.90. The number of halogens is 1. The molecule has 26 heavy (non-hydrogen) atoms. The van der Waals surface area contributed by atoms with E-state index in [1.807, 2.05) is 22.9 Å². The van der Waals surface area contributed by atoms with Gasteiger partial charge in [-0.05, 0) is 48.3 Å². The Kier molecular flexibility index (Phi) is 7.53. The Bertz CT molecular complexity index is 684. The van der Waals surface area contributed by atoms with Crippen molar-refractivity contribution in [1.29, 1.82) is 0 Å². The largest absolute Gasteiger partial charge is 0.369 e. The molecule has 1 unspecified atom stereocenters. The summed E-state index contributed by atoms with van der Waals surface area (Å²) in [7, 11) is 0. The quantitative estimate of drug-likeness (QED) is 0.797. The number of carbonyl (C=O) groups is 1. The zero-order valence-corrected chi connectivity index (χ0v) is 15.9. The highest BCUT2D eigenvalue weighted by molar-refractivity contribution is 5.85. The number of hydrogen-bond acceptors (Lipinski definition) is 5. The molecule has 0 spiro atoms. The third kappa shape index (κ3) is 4.80. The fourth-order valence-electron chi connectivity index (χ4n) is 3.56. The third-order valence-electron chi connectivity index (χ3n) is 4.97. The number of nitrogens with zero attached hydrogens (tertiary/aromatic N) is 5. The van der Waals surface area contributed by atoms with Crippen LogP contribution < -0.4 is 5.73 Å². The number of rotatable bonds is 7. The Morgan fingerprint density at radius 1 is 1.27 bits per heavy atom. The van der Waals surface area contributed by atoms with Crippen molar-refractivity contribution in [2.24, 2.45) is 11.7 Å². The highest BCUT2D eigenvalue weighted by atomic mass is 35.5. The predicted molar refractivity (Wildman–Crippen MR) is 102 cm³/mol. The molecular formula is C18H27ClN6O. The molecule has 1 aliphatic rings. The average Bonchev–Trinajstić information content (AvgIpc) is 3.08. The minimum absolute atomic E-state index is 0. The van der Waals surface area contributed by atoms with Gasteiger partial charge in [-0.25, -0.2) is 4.68 Å². The first kappa shape index (κ1) is 20.3. The molecule has 1 aromatic heterocycles. The summed E-state index contributed by atoms with van der Waals surface area (Å²) in [5.74, 6) is 0.725. The summed E-state index contributed by atoms with van der Waals surface area (Å²) in [4.78, 5) is 13.8. The molecule has 0 aliphatic carbocycles. The highest BCUT2D eigenvalue weighted by Gasteiger charge is 2.30. The Morgan fingerprint density at radius 3 is 2.58 bits per heavy atom. The van der Waals surface area contributed by atoms with E-state index in [2.05, 4.69) is 39.5 Å². The van der Waals surface area contributed by atoms with Crippen molar-refractivity contribution >= 4 is 18.3 Å². The Labute approximate surface area is 160 Å². The first-order chi connectivity index (χ1) is 12.2. The van der Waals surface area contributed by atoms with Gasteiger partial charge in [0.15, 0.2) is 5.82 Å². The van der Waals surface area contributed by atoms with Crippen LogP contribution in [0.3, 0.4) is 0 Å². The van der Waals surface area contributed by atoms with Gasteiger partial charge in [0.05, 0.1) is 12.6 Å². The molecule has 2 aromatic rings. The van der Waals surface area contributed by atoms with Crippen molar-refractivity contribution < 1.29 is 4.79 Å². The molecule has 1 fully saturated rings. The summed E-state index contributed by atoms with van der Waals surface area (Å²) >= 11 is 0. The smallest absolute Gasteiger partial charge is 0.220 e. The van der Waals surface area contributed by atoms with Crippen molar-refractivity contribution in [3.05, 3.63) is 41.7 Å². The number of amides is 1. The lowest BCUT2D eigenvalue weighted by Gasteiger charge is -2.36. The van der Waals surface area contributed by atoms with Crippen LogP contribution in [0.1, 0.15) is 50.0 Å². The summed E-state index contributed by atoms with van der Waals surface area (Å²) in [5, 5.41) is 12.5. The van der Waals surface area contributed by atoms with Crippen LogP contribution in [0.15, 0.2) is 30.3 Å². The van der Waals surface area contributed by atoms with Crippen molar-refractivity contribution in [3.8, 4) is 0 Å². The van der Waals surface area contributed by atoms with Gasteiger partial charge in [0.2, 0.25) is 5.91 Å². The average molecular weight is 379 g/mol. The number of likely N-dealkylation sites (tertiary alicyclic amines) is 1. The third-order valence-corrected chi connectivity index (χ3v) is 4.97. The fourth-order valence-corrected chi connectivity index (χ4v) is 3.56. The molecule has 1 saturated heterocycles. The topological polar surface area (TPSA) is 89.9 Å². The van der Waals surface area contributed by atoms with E-state index in [0.29, 0.717) is 6.54 Å². The molecule has 0 bridgehead atoms. The molecule has 1 atom stereocenters. The van der Waals surface area contributed by atoms with Gasteiger partial charge in [0.25, 0.3) is 0 Å². The van der Waals surface area contributed by atoms with Crippen molar-refractivity contribution in [1.82, 2.24) is 25.1 Å². The van der Waals surface area contributed by atoms with Crippen LogP contribution in [-0.2, 0) is 11.3 Å². The van der Waals surface area contributed by atoms with E-state index in [0.717, 1.165) is 44.6 Å². The summed E-state index contributed by atoms with van der Waals surface area (Å²) in [6, 6.07) is 10.4. The minimum atomic E-state index is -0.180. The van der Waals surface area contributed by atoms with Crippen molar-refractivity contribution in [3.63, 3.8) is 0 Å². The van der Waals surface area contributed by atoms with Gasteiger partial charge in [-0.15, -0.1) is 17.5 Å². The van der Waals surface area contributed by atoms with Gasteiger partial charge in [-0.3, -0.25) is 9.69 Å². The van der Waals surface area contributed by atoms with Crippen molar-refractivity contribution in [2.45, 2.75) is 45.2 Å². The molecule has 7 nitrogen and oxygen atoms in total. The van der Waals surface area contributed by atoms with Gasteiger partial charge >= 0.3 is 0 Å². The molecule has 1 amide bonds. The molecule has 0 saturated carbocycles. The standard InChI is InChI=1S/C18H26N6O.ClH/c1-2-6-16(23-11-9-15(10-12-23)17(19)25)18-20-21-22-24(18)13-14-7-4-3-5-8-14;/h3-5,7-8,15-16H,2,6,9-13H2,1H3,(H2,19,25);1H. The Balaban J connectivity index is 0.00000243. The SMILES string of the molecule is CCCC(c1nnnn1Cc1ccccc1)N1CCC(C(N)=O)CC1.Cl. The van der Waals surface area contributed by atoms with Crippen LogP contribution in [0, 0.1) is 5.92 Å². The van der Waals surface area contributed by atoms with Crippen LogP contribution in [0.4, 0.5) is 0 Å². The predicted octanol–water partition coefficient (Wildman–Crippen LogP) is 2.18. The number of nitrogens with two attached hydrogens (primary N) is 1. The van der Waals surface area contributed by atoms with Crippen LogP contribution in [0.5, 0.6) is 0 Å². The second kappa shape index (κ2) is 9.64. The van der Waals surface area contributed by atoms with Crippen LogP contribution >= 0.6 is 12.4 Å². The molecule has 8 heteroatoms. The zero-order valence-electron chi connectivity index (χ0n) is 15.1.